The van der Waals surface area contributed by atoms with E-state index in [1.54, 1.807) is 0 Å². The molecule has 7 N–H and O–H groups in total. The Morgan fingerprint density at radius 1 is 0.774 bits per heavy atom. The second kappa shape index (κ2) is 6.03. The summed E-state index contributed by atoms with van der Waals surface area (Å²) in [5, 5.41) is 52.7. The second-order valence-corrected chi connectivity index (χ2v) is 9.90. The molecule has 1 aliphatic carbocycles. The predicted molar refractivity (Wildman–Crippen MR) is 102 cm³/mol. The molecule has 0 saturated carbocycles. The zero-order chi connectivity index (χ0) is 23.1. The molecule has 0 amide bonds. The lowest BCUT2D eigenvalue weighted by atomic mass is 9.78. The van der Waals surface area contributed by atoms with Crippen LogP contribution in [0.1, 0.15) is 22.3 Å². The van der Waals surface area contributed by atoms with E-state index in [9.17, 15) is 51.5 Å². The molecule has 0 spiro atoms. The van der Waals surface area contributed by atoms with Crippen LogP contribution in [0.4, 0.5) is 0 Å². The van der Waals surface area contributed by atoms with Crippen molar-refractivity contribution in [3.8, 4) is 17.2 Å². The highest BCUT2D eigenvalue weighted by atomic mass is 32.2. The molecule has 0 fully saturated rings. The Hall–Kier alpha value is -3.01. The van der Waals surface area contributed by atoms with Crippen molar-refractivity contribution < 1.29 is 51.5 Å². The lowest BCUT2D eigenvalue weighted by Crippen LogP contribution is -2.50. The molecule has 1 heterocycles. The van der Waals surface area contributed by atoms with Gasteiger partial charge in [-0.05, 0) is 18.2 Å². The fourth-order valence-electron chi connectivity index (χ4n) is 3.87. The van der Waals surface area contributed by atoms with E-state index in [4.69, 9.17) is 0 Å². The Kier molecular flexibility index (Phi) is 4.13. The standard InChI is InChI=1S/C17H13NO11S2/c19-7-3-4-9-10(6-7)17(23,31(27,28)29)11-8-2-1-5-18-13(8)15(21)14(20)12(11)16(9,22)30(24,25)26/h1-6,19-23H,(H,24,25,26)(H,27,28,29). The molecule has 0 radical (unpaired) electrons. The molecule has 0 bridgehead atoms. The Bertz CT molecular complexity index is 1500. The maximum absolute atomic E-state index is 12.4. The summed E-state index contributed by atoms with van der Waals surface area (Å²) >= 11 is 0. The average Bonchev–Trinajstić information content (AvgIpc) is 2.67. The summed E-state index contributed by atoms with van der Waals surface area (Å²) in [7, 11) is -11.3. The number of aromatic hydroxyl groups is 3. The van der Waals surface area contributed by atoms with Gasteiger partial charge in [0.1, 0.15) is 11.3 Å². The van der Waals surface area contributed by atoms with Gasteiger partial charge in [0.25, 0.3) is 0 Å². The predicted octanol–water partition coefficient (Wildman–Crippen LogP) is -0.173. The molecule has 2 unspecified atom stereocenters. The lowest BCUT2D eigenvalue weighted by Gasteiger charge is -2.41. The normalized spacial score (nSPS) is 23.4. The van der Waals surface area contributed by atoms with Crippen molar-refractivity contribution in [2.45, 2.75) is 9.87 Å². The van der Waals surface area contributed by atoms with Crippen molar-refractivity contribution >= 4 is 31.1 Å². The summed E-state index contributed by atoms with van der Waals surface area (Å²) in [6.07, 6.45) is 1.11. The summed E-state index contributed by atoms with van der Waals surface area (Å²) in [6.45, 7) is 0. The molecule has 164 valence electrons. The molecule has 31 heavy (non-hydrogen) atoms. The third-order valence-electron chi connectivity index (χ3n) is 5.17. The third-order valence-corrected chi connectivity index (χ3v) is 7.51. The van der Waals surface area contributed by atoms with Gasteiger partial charge in [-0.1, -0.05) is 12.1 Å². The lowest BCUT2D eigenvalue weighted by molar-refractivity contribution is 0.105. The third kappa shape index (κ3) is 2.45. The molecule has 1 aromatic heterocycles. The fraction of sp³-hybridized carbons (Fsp3) is 0.118. The number of benzene rings is 2. The fourth-order valence-corrected chi connectivity index (χ4v) is 5.70. The van der Waals surface area contributed by atoms with Gasteiger partial charge < -0.3 is 25.5 Å². The van der Waals surface area contributed by atoms with Crippen LogP contribution in [0.5, 0.6) is 17.2 Å². The van der Waals surface area contributed by atoms with Crippen LogP contribution in [-0.2, 0) is 30.1 Å². The first-order chi connectivity index (χ1) is 14.2. The van der Waals surface area contributed by atoms with Crippen molar-refractivity contribution in [2.75, 3.05) is 0 Å². The monoisotopic (exact) mass is 471 g/mol. The molecule has 4 rings (SSSR count). The van der Waals surface area contributed by atoms with Crippen LogP contribution in [0.3, 0.4) is 0 Å². The molecule has 12 nitrogen and oxygen atoms in total. The molecule has 3 aromatic rings. The van der Waals surface area contributed by atoms with Gasteiger partial charge in [-0.25, -0.2) is 0 Å². The smallest absolute Gasteiger partial charge is 0.304 e. The largest absolute Gasteiger partial charge is 0.508 e. The summed E-state index contributed by atoms with van der Waals surface area (Å²) in [4.78, 5) is -3.46. The maximum atomic E-state index is 12.4. The van der Waals surface area contributed by atoms with Crippen LogP contribution >= 0.6 is 0 Å². The first kappa shape index (κ1) is 21.2. The highest BCUT2D eigenvalue weighted by Crippen LogP contribution is 2.58. The Labute approximate surface area is 173 Å². The van der Waals surface area contributed by atoms with Gasteiger partial charge in [0, 0.05) is 28.3 Å². The minimum absolute atomic E-state index is 0.496. The van der Waals surface area contributed by atoms with E-state index in [1.165, 1.54) is 6.07 Å². The van der Waals surface area contributed by atoms with Gasteiger partial charge in [-0.2, -0.15) is 16.8 Å². The SMILES string of the molecule is O=S(=O)(O)C1(O)c2ccc(O)cc2C(O)(S(=O)(=O)O)c2c1c(O)c(O)c1ncccc21. The van der Waals surface area contributed by atoms with Gasteiger partial charge in [0.05, 0.1) is 5.56 Å². The zero-order valence-corrected chi connectivity index (χ0v) is 16.6. The Balaban J connectivity index is 2.45. The number of hydrogen-bond acceptors (Lipinski definition) is 10. The molecule has 2 atom stereocenters. The number of rotatable bonds is 2. The molecular formula is C17H13NO11S2. The quantitative estimate of drug-likeness (QED) is 0.191. The number of phenols is 3. The molecule has 14 heteroatoms. The number of pyridine rings is 1. The Morgan fingerprint density at radius 3 is 1.94 bits per heavy atom. The molecule has 0 saturated heterocycles. The van der Waals surface area contributed by atoms with Crippen LogP contribution in [0, 0.1) is 0 Å². The molecule has 2 aromatic carbocycles. The minimum Gasteiger partial charge on any atom is -0.508 e. The van der Waals surface area contributed by atoms with E-state index in [-0.39, 0.29) is 0 Å². The van der Waals surface area contributed by atoms with Crippen LogP contribution < -0.4 is 0 Å². The zero-order valence-electron chi connectivity index (χ0n) is 15.0. The van der Waals surface area contributed by atoms with Crippen LogP contribution in [0.25, 0.3) is 10.9 Å². The second-order valence-electron chi connectivity index (χ2n) is 6.81. The topological polar surface area (TPSA) is 223 Å². The highest BCUT2D eigenvalue weighted by molar-refractivity contribution is 7.87. The van der Waals surface area contributed by atoms with Gasteiger partial charge >= 0.3 is 20.2 Å². The van der Waals surface area contributed by atoms with Crippen molar-refractivity contribution in [3.05, 3.63) is 58.8 Å². The van der Waals surface area contributed by atoms with E-state index < -0.39 is 80.5 Å². The van der Waals surface area contributed by atoms with Gasteiger partial charge in [-0.3, -0.25) is 14.1 Å². The van der Waals surface area contributed by atoms with Crippen molar-refractivity contribution in [2.24, 2.45) is 0 Å². The Morgan fingerprint density at radius 2 is 1.35 bits per heavy atom. The van der Waals surface area contributed by atoms with Crippen LogP contribution in [0.15, 0.2) is 36.5 Å². The van der Waals surface area contributed by atoms with E-state index in [0.717, 1.165) is 18.3 Å². The van der Waals surface area contributed by atoms with E-state index in [0.29, 0.717) is 12.1 Å². The summed E-state index contributed by atoms with van der Waals surface area (Å²) in [5.41, 5.74) is -5.00. The summed E-state index contributed by atoms with van der Waals surface area (Å²) < 4.78 is 69.3. The van der Waals surface area contributed by atoms with Crippen molar-refractivity contribution in [1.29, 1.82) is 0 Å². The summed E-state index contributed by atoms with van der Waals surface area (Å²) in [5.74, 6) is -3.23. The van der Waals surface area contributed by atoms with Crippen LogP contribution in [-0.4, -0.2) is 56.5 Å². The van der Waals surface area contributed by atoms with E-state index >= 15 is 0 Å². The summed E-state index contributed by atoms with van der Waals surface area (Å²) in [6, 6.07) is 4.24. The van der Waals surface area contributed by atoms with E-state index in [2.05, 4.69) is 4.98 Å². The number of nitrogens with zero attached hydrogens (tertiary/aromatic N) is 1. The first-order valence-corrected chi connectivity index (χ1v) is 11.1. The molecular weight excluding hydrogens is 458 g/mol. The van der Waals surface area contributed by atoms with E-state index in [1.807, 2.05) is 0 Å². The minimum atomic E-state index is -5.67. The molecule has 1 aliphatic rings. The number of aliphatic hydroxyl groups is 2. The number of aromatic nitrogens is 1. The van der Waals surface area contributed by atoms with Crippen LogP contribution in [0.2, 0.25) is 0 Å². The van der Waals surface area contributed by atoms with Crippen molar-refractivity contribution in [1.82, 2.24) is 4.98 Å². The number of hydrogen-bond donors (Lipinski definition) is 7. The van der Waals surface area contributed by atoms with Gasteiger partial charge in [0.15, 0.2) is 11.5 Å². The van der Waals surface area contributed by atoms with Gasteiger partial charge in [0.2, 0.25) is 9.87 Å². The number of phenolic OH excluding ortho intramolecular Hbond substituents is 3. The maximum Gasteiger partial charge on any atom is 0.304 e. The number of fused-ring (bicyclic) bond motifs is 4. The average molecular weight is 471 g/mol. The highest BCUT2D eigenvalue weighted by Gasteiger charge is 2.63. The van der Waals surface area contributed by atoms with Gasteiger partial charge in [-0.15, -0.1) is 0 Å². The van der Waals surface area contributed by atoms with Crippen molar-refractivity contribution in [3.63, 3.8) is 0 Å². The first-order valence-electron chi connectivity index (χ1n) is 8.23. The molecule has 0 aliphatic heterocycles.